The second kappa shape index (κ2) is 14.5. The Balaban J connectivity index is 1.64. The Kier molecular flexibility index (Phi) is 11.5. The second-order valence-corrected chi connectivity index (χ2v) is 10.1. The van der Waals surface area contributed by atoms with E-state index in [0.717, 1.165) is 32.1 Å². The largest absolute Gasteiger partial charge is 0.461 e. The fraction of sp³-hybridized carbons (Fsp3) is 0.630. The van der Waals surface area contributed by atoms with Crippen molar-refractivity contribution in [2.24, 2.45) is 10.9 Å². The Morgan fingerprint density at radius 3 is 2.81 bits per heavy atom. The fourth-order valence-corrected chi connectivity index (χ4v) is 5.08. The van der Waals surface area contributed by atoms with Crippen LogP contribution in [0.2, 0.25) is 0 Å². The number of rotatable bonds is 7. The van der Waals surface area contributed by atoms with Crippen molar-refractivity contribution < 1.29 is 22.3 Å². The molecular formula is C27H38F4N4OS. The average Bonchev–Trinajstić information content (AvgIpc) is 3.30. The zero-order valence-corrected chi connectivity index (χ0v) is 22.2. The smallest absolute Gasteiger partial charge is 0.428 e. The highest BCUT2D eigenvalue weighted by atomic mass is 32.1. The molecule has 0 radical (unpaired) electrons. The number of aliphatic imine (C=N–C) groups is 1. The molecule has 0 saturated carbocycles. The molecule has 1 aliphatic heterocycles. The van der Waals surface area contributed by atoms with Crippen molar-refractivity contribution in [3.05, 3.63) is 36.4 Å². The van der Waals surface area contributed by atoms with Gasteiger partial charge in [0.2, 0.25) is 5.96 Å². The first kappa shape index (κ1) is 29.2. The molecule has 0 bridgehead atoms. The third kappa shape index (κ3) is 9.47. The highest BCUT2D eigenvalue weighted by molar-refractivity contribution is 7.80. The number of halogens is 4. The predicted molar refractivity (Wildman–Crippen MR) is 145 cm³/mol. The first-order chi connectivity index (χ1) is 17.8. The molecule has 2 atom stereocenters. The predicted octanol–water partition coefficient (Wildman–Crippen LogP) is 7.36. The van der Waals surface area contributed by atoms with Crippen LogP contribution < -0.4 is 15.4 Å². The van der Waals surface area contributed by atoms with Crippen LogP contribution in [0.3, 0.4) is 0 Å². The number of anilines is 1. The lowest BCUT2D eigenvalue weighted by Gasteiger charge is -2.29. The summed E-state index contributed by atoms with van der Waals surface area (Å²) in [4.78, 5) is 6.51. The third-order valence-electron chi connectivity index (χ3n) is 6.64. The van der Waals surface area contributed by atoms with Crippen molar-refractivity contribution in [3.8, 4) is 5.75 Å². The molecule has 0 fully saturated rings. The summed E-state index contributed by atoms with van der Waals surface area (Å²) in [6.07, 6.45) is 7.72. The number of nitrogens with one attached hydrogen (secondary N) is 2. The summed E-state index contributed by atoms with van der Waals surface area (Å²) in [6.45, 7) is 3.40. The van der Waals surface area contributed by atoms with Crippen LogP contribution in [0.4, 0.5) is 23.2 Å². The maximum Gasteiger partial charge on any atom is 0.461 e. The van der Waals surface area contributed by atoms with Crippen molar-refractivity contribution in [1.29, 1.82) is 0 Å². The normalized spacial score (nSPS) is 22.5. The summed E-state index contributed by atoms with van der Waals surface area (Å²) in [7, 11) is 0. The molecule has 1 aliphatic carbocycles. The Labute approximate surface area is 222 Å². The molecule has 0 saturated heterocycles. The SMILES string of the molecule is CCCC1C/C=C\CCCCCCC(NC2=NCCN2C(=S)Nc2cccc(OC(F)(F)C(F)F)c2)C1. The molecule has 1 aromatic rings. The lowest BCUT2D eigenvalue weighted by molar-refractivity contribution is -0.253. The van der Waals surface area contributed by atoms with Crippen LogP contribution >= 0.6 is 12.2 Å². The molecule has 0 spiro atoms. The zero-order chi connectivity index (χ0) is 26.7. The van der Waals surface area contributed by atoms with Gasteiger partial charge in [-0.1, -0.05) is 57.2 Å². The van der Waals surface area contributed by atoms with Gasteiger partial charge in [0.15, 0.2) is 5.11 Å². The Morgan fingerprint density at radius 2 is 2.03 bits per heavy atom. The topological polar surface area (TPSA) is 48.9 Å². The van der Waals surface area contributed by atoms with Gasteiger partial charge in [-0.25, -0.2) is 0 Å². The van der Waals surface area contributed by atoms with Crippen molar-refractivity contribution >= 4 is 29.0 Å². The lowest BCUT2D eigenvalue weighted by Crippen LogP contribution is -2.48. The summed E-state index contributed by atoms with van der Waals surface area (Å²) in [5, 5.41) is 7.00. The van der Waals surface area contributed by atoms with Crippen molar-refractivity contribution in [2.45, 2.75) is 89.7 Å². The van der Waals surface area contributed by atoms with E-state index in [1.807, 2.05) is 4.90 Å². The van der Waals surface area contributed by atoms with E-state index in [9.17, 15) is 17.6 Å². The van der Waals surface area contributed by atoms with Crippen LogP contribution in [0.15, 0.2) is 41.4 Å². The average molecular weight is 543 g/mol. The summed E-state index contributed by atoms with van der Waals surface area (Å²) >= 11 is 5.60. The third-order valence-corrected chi connectivity index (χ3v) is 6.96. The van der Waals surface area contributed by atoms with Crippen LogP contribution in [-0.2, 0) is 0 Å². The fourth-order valence-electron chi connectivity index (χ4n) is 4.79. The van der Waals surface area contributed by atoms with E-state index in [2.05, 4.69) is 39.4 Å². The number of hydrogen-bond acceptors (Lipinski definition) is 4. The minimum absolute atomic E-state index is 0.278. The van der Waals surface area contributed by atoms with Crippen LogP contribution in [-0.4, -0.2) is 47.6 Å². The van der Waals surface area contributed by atoms with Gasteiger partial charge in [0.25, 0.3) is 0 Å². The molecule has 2 N–H and O–H groups in total. The minimum Gasteiger partial charge on any atom is -0.428 e. The maximum atomic E-state index is 13.3. The van der Waals surface area contributed by atoms with E-state index in [1.54, 1.807) is 6.07 Å². The van der Waals surface area contributed by atoms with Gasteiger partial charge in [-0.05, 0) is 62.4 Å². The molecule has 2 aliphatic rings. The summed E-state index contributed by atoms with van der Waals surface area (Å²) in [5.41, 5.74) is 0.361. The summed E-state index contributed by atoms with van der Waals surface area (Å²) in [5.74, 6) is 0.931. The molecular weight excluding hydrogens is 504 g/mol. The van der Waals surface area contributed by atoms with E-state index < -0.39 is 12.5 Å². The quantitative estimate of drug-likeness (QED) is 0.214. The number of thiocarbonyl (C=S) groups is 1. The number of nitrogens with zero attached hydrogens (tertiary/aromatic N) is 2. The Hall–Kier alpha value is -2.36. The molecule has 206 valence electrons. The van der Waals surface area contributed by atoms with E-state index in [0.29, 0.717) is 35.8 Å². The first-order valence-electron chi connectivity index (χ1n) is 13.3. The molecule has 3 rings (SSSR count). The van der Waals surface area contributed by atoms with Crippen LogP contribution in [0.5, 0.6) is 5.75 Å². The second-order valence-electron chi connectivity index (χ2n) is 9.71. The standard InChI is InChI=1S/C27H38F4N4OS/c1-2-11-20-12-8-6-4-3-5-7-9-13-21(18-20)33-25-32-16-17-35(25)26(37)34-22-14-10-15-23(19-22)36-27(30,31)24(28)29/h6,8,10,14-15,19-21,24H,2-5,7,9,11-13,16-18H2,1H3,(H,32,33)(H,34,37)/b8-6-. The zero-order valence-electron chi connectivity index (χ0n) is 21.4. The van der Waals surface area contributed by atoms with Crippen LogP contribution in [0.25, 0.3) is 0 Å². The van der Waals surface area contributed by atoms with E-state index >= 15 is 0 Å². The van der Waals surface area contributed by atoms with Gasteiger partial charge < -0.3 is 15.4 Å². The Morgan fingerprint density at radius 1 is 1.22 bits per heavy atom. The summed E-state index contributed by atoms with van der Waals surface area (Å²) < 4.78 is 55.8. The monoisotopic (exact) mass is 542 g/mol. The van der Waals surface area contributed by atoms with Crippen LogP contribution in [0.1, 0.15) is 71.1 Å². The molecule has 2 unspecified atom stereocenters. The van der Waals surface area contributed by atoms with Gasteiger partial charge in [-0.2, -0.15) is 17.6 Å². The van der Waals surface area contributed by atoms with E-state index in [1.165, 1.54) is 50.3 Å². The number of alkyl halides is 4. The van der Waals surface area contributed by atoms with Gasteiger partial charge in [0.05, 0.1) is 6.54 Å². The van der Waals surface area contributed by atoms with Gasteiger partial charge >= 0.3 is 12.5 Å². The molecule has 1 aromatic carbocycles. The molecule has 0 aromatic heterocycles. The van der Waals surface area contributed by atoms with E-state index in [4.69, 9.17) is 12.2 Å². The van der Waals surface area contributed by atoms with Crippen molar-refractivity contribution in [3.63, 3.8) is 0 Å². The minimum atomic E-state index is -4.57. The van der Waals surface area contributed by atoms with Crippen LogP contribution in [0, 0.1) is 5.92 Å². The number of allylic oxidation sites excluding steroid dienone is 2. The van der Waals surface area contributed by atoms with Gasteiger partial charge in [-0.15, -0.1) is 0 Å². The van der Waals surface area contributed by atoms with Gasteiger partial charge in [0.1, 0.15) is 5.75 Å². The molecule has 10 heteroatoms. The molecule has 0 amide bonds. The van der Waals surface area contributed by atoms with Gasteiger partial charge in [0, 0.05) is 24.3 Å². The highest BCUT2D eigenvalue weighted by Crippen LogP contribution is 2.29. The Bertz CT molecular complexity index is 927. The lowest BCUT2D eigenvalue weighted by atomic mass is 9.89. The summed E-state index contributed by atoms with van der Waals surface area (Å²) in [6, 6.07) is 5.74. The molecule has 5 nitrogen and oxygen atoms in total. The number of ether oxygens (including phenoxy) is 1. The van der Waals surface area contributed by atoms with Crippen molar-refractivity contribution in [1.82, 2.24) is 10.2 Å². The first-order valence-corrected chi connectivity index (χ1v) is 13.7. The maximum absolute atomic E-state index is 13.3. The molecule has 1 heterocycles. The van der Waals surface area contributed by atoms with Gasteiger partial charge in [-0.3, -0.25) is 9.89 Å². The number of hydrogen-bond donors (Lipinski definition) is 2. The number of benzene rings is 1. The number of guanidine groups is 1. The van der Waals surface area contributed by atoms with Crippen molar-refractivity contribution in [2.75, 3.05) is 18.4 Å². The van der Waals surface area contributed by atoms with E-state index in [-0.39, 0.29) is 11.8 Å². The highest BCUT2D eigenvalue weighted by Gasteiger charge is 2.44. The molecule has 37 heavy (non-hydrogen) atoms.